The van der Waals surface area contributed by atoms with Gasteiger partial charge in [-0.2, -0.15) is 0 Å². The fraction of sp³-hybridized carbons (Fsp3) is 0.375. The summed E-state index contributed by atoms with van der Waals surface area (Å²) in [6.45, 7) is 5.03. The number of aryl methyl sites for hydroxylation is 2. The molecule has 0 aromatic carbocycles. The molecule has 0 aliphatic carbocycles. The van der Waals surface area contributed by atoms with Crippen molar-refractivity contribution < 1.29 is 23.6 Å². The van der Waals surface area contributed by atoms with Crippen molar-refractivity contribution >= 4 is 34.1 Å². The number of carbonyl (C=O) groups excluding carboxylic acids is 3. The Balaban J connectivity index is 1.87. The van der Waals surface area contributed by atoms with E-state index in [1.807, 2.05) is 0 Å². The molecule has 2 amide bonds. The second-order valence-electron chi connectivity index (χ2n) is 5.45. The van der Waals surface area contributed by atoms with Crippen LogP contribution in [0.3, 0.4) is 0 Å². The van der Waals surface area contributed by atoms with Gasteiger partial charge in [0.1, 0.15) is 10.8 Å². The van der Waals surface area contributed by atoms with Gasteiger partial charge in [0.25, 0.3) is 11.8 Å². The Morgan fingerprint density at radius 1 is 1.40 bits per heavy atom. The molecule has 0 saturated carbocycles. The number of thiophene rings is 1. The summed E-state index contributed by atoms with van der Waals surface area (Å²) in [6, 6.07) is 1.52. The van der Waals surface area contributed by atoms with Crippen LogP contribution in [0.15, 0.2) is 16.0 Å². The average Bonchev–Trinajstić information content (AvgIpc) is 3.12. The Kier molecular flexibility index (Phi) is 5.92. The maximum Gasteiger partial charge on any atom is 0.306 e. The van der Waals surface area contributed by atoms with Gasteiger partial charge in [-0.05, 0) is 38.6 Å². The number of amides is 2. The molecule has 2 aromatic heterocycles. The Hall–Kier alpha value is -2.68. The summed E-state index contributed by atoms with van der Waals surface area (Å²) in [6.07, 6.45) is -0.475. The molecule has 0 bridgehead atoms. The van der Waals surface area contributed by atoms with Crippen LogP contribution >= 0.6 is 11.3 Å². The van der Waals surface area contributed by atoms with Crippen LogP contribution in [0.1, 0.15) is 40.7 Å². The molecule has 3 N–H and O–H groups in total. The van der Waals surface area contributed by atoms with Crippen molar-refractivity contribution in [3.8, 4) is 0 Å². The maximum absolute atomic E-state index is 12.1. The molecular formula is C16H19N3O5S. The van der Waals surface area contributed by atoms with E-state index in [4.69, 9.17) is 15.0 Å². The number of esters is 1. The predicted molar refractivity (Wildman–Crippen MR) is 91.3 cm³/mol. The topological polar surface area (TPSA) is 125 Å². The number of ether oxygens (including phenoxy) is 1. The van der Waals surface area contributed by atoms with Gasteiger partial charge in [-0.3, -0.25) is 14.4 Å². The van der Waals surface area contributed by atoms with E-state index in [1.54, 1.807) is 19.2 Å². The molecule has 134 valence electrons. The molecular weight excluding hydrogens is 346 g/mol. The minimum atomic E-state index is -1.00. The van der Waals surface area contributed by atoms with Gasteiger partial charge in [-0.15, -0.1) is 11.3 Å². The standard InChI is InChI=1S/C16H19N3O5S/c1-8-11(9(2)24-19-8)4-5-13(20)23-10(3)15(22)18-16-12(14(17)21)6-7-25-16/h6-7,10H,4-5H2,1-3H3,(H2,17,21)(H,18,22)/t10-/m1/s1. The highest BCUT2D eigenvalue weighted by Crippen LogP contribution is 2.23. The molecule has 0 radical (unpaired) electrons. The number of hydrogen-bond acceptors (Lipinski definition) is 7. The summed E-state index contributed by atoms with van der Waals surface area (Å²) >= 11 is 1.16. The van der Waals surface area contributed by atoms with Gasteiger partial charge < -0.3 is 20.3 Å². The first-order valence-electron chi connectivity index (χ1n) is 7.59. The first-order chi connectivity index (χ1) is 11.8. The molecule has 0 spiro atoms. The van der Waals surface area contributed by atoms with E-state index in [0.29, 0.717) is 17.2 Å². The quantitative estimate of drug-likeness (QED) is 0.723. The molecule has 2 heterocycles. The van der Waals surface area contributed by atoms with Crippen molar-refractivity contribution in [1.29, 1.82) is 0 Å². The van der Waals surface area contributed by atoms with Crippen LogP contribution < -0.4 is 11.1 Å². The zero-order valence-electron chi connectivity index (χ0n) is 14.1. The Morgan fingerprint density at radius 3 is 2.72 bits per heavy atom. The number of primary amides is 1. The molecule has 0 unspecified atom stereocenters. The minimum Gasteiger partial charge on any atom is -0.453 e. The molecule has 2 aromatic rings. The molecule has 8 nitrogen and oxygen atoms in total. The van der Waals surface area contributed by atoms with Gasteiger partial charge in [0.15, 0.2) is 6.10 Å². The smallest absolute Gasteiger partial charge is 0.306 e. The lowest BCUT2D eigenvalue weighted by atomic mass is 10.1. The Bertz CT molecular complexity index is 776. The van der Waals surface area contributed by atoms with Gasteiger partial charge in [0, 0.05) is 12.0 Å². The van der Waals surface area contributed by atoms with E-state index in [0.717, 1.165) is 22.6 Å². The number of hydrogen-bond donors (Lipinski definition) is 2. The maximum atomic E-state index is 12.1. The highest BCUT2D eigenvalue weighted by Gasteiger charge is 2.21. The molecule has 0 fully saturated rings. The van der Waals surface area contributed by atoms with Crippen LogP contribution in [0.2, 0.25) is 0 Å². The third kappa shape index (κ3) is 4.66. The summed E-state index contributed by atoms with van der Waals surface area (Å²) in [5, 5.41) is 8.33. The Labute approximate surface area is 148 Å². The zero-order valence-corrected chi connectivity index (χ0v) is 14.9. The van der Waals surface area contributed by atoms with Crippen molar-refractivity contribution in [2.75, 3.05) is 5.32 Å². The largest absolute Gasteiger partial charge is 0.453 e. The number of nitrogens with one attached hydrogen (secondary N) is 1. The monoisotopic (exact) mass is 365 g/mol. The van der Waals surface area contributed by atoms with E-state index in [1.165, 1.54) is 13.0 Å². The molecule has 0 aliphatic rings. The summed E-state index contributed by atoms with van der Waals surface area (Å²) in [7, 11) is 0. The SMILES string of the molecule is Cc1noc(C)c1CCC(=O)O[C@H](C)C(=O)Nc1sccc1C(N)=O. The van der Waals surface area contributed by atoms with Crippen molar-refractivity contribution in [2.24, 2.45) is 5.73 Å². The predicted octanol–water partition coefficient (Wildman–Crippen LogP) is 1.95. The highest BCUT2D eigenvalue weighted by molar-refractivity contribution is 7.14. The van der Waals surface area contributed by atoms with Crippen molar-refractivity contribution in [2.45, 2.75) is 39.7 Å². The fourth-order valence-corrected chi connectivity index (χ4v) is 3.00. The molecule has 2 rings (SSSR count). The van der Waals surface area contributed by atoms with Crippen LogP contribution in [-0.4, -0.2) is 29.0 Å². The first-order valence-corrected chi connectivity index (χ1v) is 8.47. The van der Waals surface area contributed by atoms with E-state index < -0.39 is 23.9 Å². The second kappa shape index (κ2) is 7.93. The Morgan fingerprint density at radius 2 is 2.12 bits per heavy atom. The molecule has 1 atom stereocenters. The lowest BCUT2D eigenvalue weighted by molar-refractivity contribution is -0.153. The summed E-state index contributed by atoms with van der Waals surface area (Å²) in [4.78, 5) is 35.3. The molecule has 0 saturated heterocycles. The lowest BCUT2D eigenvalue weighted by Crippen LogP contribution is -2.30. The highest BCUT2D eigenvalue weighted by atomic mass is 32.1. The van der Waals surface area contributed by atoms with Gasteiger partial charge in [-0.1, -0.05) is 5.16 Å². The molecule has 25 heavy (non-hydrogen) atoms. The van der Waals surface area contributed by atoms with Crippen LogP contribution in [0.5, 0.6) is 0 Å². The van der Waals surface area contributed by atoms with E-state index >= 15 is 0 Å². The number of aromatic nitrogens is 1. The molecule has 0 aliphatic heterocycles. The number of nitrogens with two attached hydrogens (primary N) is 1. The second-order valence-corrected chi connectivity index (χ2v) is 6.37. The minimum absolute atomic E-state index is 0.103. The van der Waals surface area contributed by atoms with E-state index in [-0.39, 0.29) is 12.0 Å². The van der Waals surface area contributed by atoms with Crippen molar-refractivity contribution in [3.63, 3.8) is 0 Å². The van der Waals surface area contributed by atoms with Gasteiger partial charge in [0.05, 0.1) is 11.3 Å². The fourth-order valence-electron chi connectivity index (χ4n) is 2.21. The molecule has 9 heteroatoms. The number of rotatable bonds is 7. The summed E-state index contributed by atoms with van der Waals surface area (Å²) in [5.74, 6) is -1.02. The average molecular weight is 365 g/mol. The van der Waals surface area contributed by atoms with E-state index in [2.05, 4.69) is 10.5 Å². The lowest BCUT2D eigenvalue weighted by Gasteiger charge is -2.13. The zero-order chi connectivity index (χ0) is 18.6. The van der Waals surface area contributed by atoms with Gasteiger partial charge in [-0.25, -0.2) is 0 Å². The summed E-state index contributed by atoms with van der Waals surface area (Å²) in [5.41, 5.74) is 7.03. The van der Waals surface area contributed by atoms with Gasteiger partial charge >= 0.3 is 5.97 Å². The first kappa shape index (κ1) is 18.7. The third-order valence-corrected chi connectivity index (χ3v) is 4.44. The third-order valence-electron chi connectivity index (χ3n) is 3.61. The van der Waals surface area contributed by atoms with Crippen LogP contribution in [-0.2, 0) is 20.7 Å². The van der Waals surface area contributed by atoms with Crippen LogP contribution in [0.4, 0.5) is 5.00 Å². The normalized spacial score (nSPS) is 11.8. The van der Waals surface area contributed by atoms with Crippen LogP contribution in [0, 0.1) is 13.8 Å². The van der Waals surface area contributed by atoms with Crippen LogP contribution in [0.25, 0.3) is 0 Å². The van der Waals surface area contributed by atoms with Gasteiger partial charge in [0.2, 0.25) is 0 Å². The number of carbonyl (C=O) groups is 3. The summed E-state index contributed by atoms with van der Waals surface area (Å²) < 4.78 is 10.2. The number of anilines is 1. The van der Waals surface area contributed by atoms with Crippen molar-refractivity contribution in [1.82, 2.24) is 5.16 Å². The van der Waals surface area contributed by atoms with Crippen molar-refractivity contribution in [3.05, 3.63) is 34.0 Å². The number of nitrogens with zero attached hydrogens (tertiary/aromatic N) is 1. The van der Waals surface area contributed by atoms with E-state index in [9.17, 15) is 14.4 Å².